The molecule has 0 unspecified atom stereocenters. The van der Waals surface area contributed by atoms with Crippen molar-refractivity contribution >= 4 is 17.6 Å². The van der Waals surface area contributed by atoms with E-state index in [9.17, 15) is 4.79 Å². The second kappa shape index (κ2) is 4.24. The van der Waals surface area contributed by atoms with Gasteiger partial charge in [0.05, 0.1) is 4.88 Å². The van der Waals surface area contributed by atoms with Crippen molar-refractivity contribution < 1.29 is 4.79 Å². The van der Waals surface area contributed by atoms with Gasteiger partial charge in [-0.2, -0.15) is 0 Å². The van der Waals surface area contributed by atoms with Crippen LogP contribution in [0, 0.1) is 6.92 Å². The van der Waals surface area contributed by atoms with Crippen molar-refractivity contribution in [3.63, 3.8) is 0 Å². The second-order valence-corrected chi connectivity index (χ2v) is 5.03. The third kappa shape index (κ3) is 2.04. The van der Waals surface area contributed by atoms with Crippen molar-refractivity contribution in [2.45, 2.75) is 26.3 Å². The van der Waals surface area contributed by atoms with E-state index in [0.717, 1.165) is 23.3 Å². The third-order valence-corrected chi connectivity index (χ3v) is 3.84. The minimum atomic E-state index is 0.888. The van der Waals surface area contributed by atoms with E-state index in [4.69, 9.17) is 0 Å². The van der Waals surface area contributed by atoms with E-state index in [2.05, 4.69) is 11.0 Å². The summed E-state index contributed by atoms with van der Waals surface area (Å²) in [5.41, 5.74) is 1.12. The first-order valence-corrected chi connectivity index (χ1v) is 5.88. The summed E-state index contributed by atoms with van der Waals surface area (Å²) in [4.78, 5) is 15.3. The van der Waals surface area contributed by atoms with Crippen molar-refractivity contribution in [2.75, 3.05) is 13.1 Å². The van der Waals surface area contributed by atoms with Gasteiger partial charge in [-0.25, -0.2) is 0 Å². The molecule has 2 nitrogen and oxygen atoms in total. The van der Waals surface area contributed by atoms with Gasteiger partial charge in [0, 0.05) is 11.4 Å². The van der Waals surface area contributed by atoms with Crippen LogP contribution in [-0.4, -0.2) is 24.3 Å². The number of thiophene rings is 1. The Morgan fingerprint density at radius 2 is 2.21 bits per heavy atom. The molecule has 0 spiro atoms. The lowest BCUT2D eigenvalue weighted by molar-refractivity contribution is 0.112. The molecule has 0 N–H and O–H groups in total. The Balaban J connectivity index is 2.04. The first-order valence-electron chi connectivity index (χ1n) is 5.06. The van der Waals surface area contributed by atoms with E-state index in [-0.39, 0.29) is 0 Å². The van der Waals surface area contributed by atoms with Crippen LogP contribution in [0.2, 0.25) is 0 Å². The molecule has 1 aromatic heterocycles. The van der Waals surface area contributed by atoms with Crippen LogP contribution in [0.15, 0.2) is 6.07 Å². The number of aldehydes is 1. The molecule has 3 heteroatoms. The van der Waals surface area contributed by atoms with Crippen LogP contribution in [0.3, 0.4) is 0 Å². The van der Waals surface area contributed by atoms with Gasteiger partial charge in [0.15, 0.2) is 6.29 Å². The predicted molar refractivity (Wildman–Crippen MR) is 59.0 cm³/mol. The van der Waals surface area contributed by atoms with Gasteiger partial charge in [-0.3, -0.25) is 9.69 Å². The fourth-order valence-corrected chi connectivity index (χ4v) is 2.95. The van der Waals surface area contributed by atoms with Gasteiger partial charge in [-0.1, -0.05) is 0 Å². The number of carbonyl (C=O) groups excluding carboxylic acids is 1. The molecule has 0 bridgehead atoms. The van der Waals surface area contributed by atoms with E-state index in [0.29, 0.717) is 0 Å². The Bertz CT molecular complexity index is 326. The van der Waals surface area contributed by atoms with Crippen molar-refractivity contribution in [3.8, 4) is 0 Å². The molecule has 1 fully saturated rings. The largest absolute Gasteiger partial charge is 0.298 e. The highest BCUT2D eigenvalue weighted by atomic mass is 32.1. The Labute approximate surface area is 88.5 Å². The van der Waals surface area contributed by atoms with Crippen LogP contribution in [0.5, 0.6) is 0 Å². The Morgan fingerprint density at radius 1 is 1.50 bits per heavy atom. The normalized spacial score (nSPS) is 17.5. The van der Waals surface area contributed by atoms with Crippen LogP contribution in [0.1, 0.15) is 33.0 Å². The summed E-state index contributed by atoms with van der Waals surface area (Å²) in [6, 6.07) is 2.15. The molecule has 14 heavy (non-hydrogen) atoms. The maximum atomic E-state index is 10.7. The van der Waals surface area contributed by atoms with Crippen LogP contribution in [0.4, 0.5) is 0 Å². The van der Waals surface area contributed by atoms with Gasteiger partial charge in [0.25, 0.3) is 0 Å². The van der Waals surface area contributed by atoms with Gasteiger partial charge in [0.1, 0.15) is 0 Å². The number of aryl methyl sites for hydroxylation is 1. The van der Waals surface area contributed by atoms with Crippen LogP contribution >= 0.6 is 11.3 Å². The van der Waals surface area contributed by atoms with Gasteiger partial charge >= 0.3 is 0 Å². The molecule has 1 aliphatic heterocycles. The van der Waals surface area contributed by atoms with Crippen molar-refractivity contribution in [1.29, 1.82) is 0 Å². The number of rotatable bonds is 3. The minimum absolute atomic E-state index is 0.888. The lowest BCUT2D eigenvalue weighted by atomic mass is 10.3. The standard InChI is InChI=1S/C11H15NOS/c1-9-6-10(14-11(9)8-13)7-12-4-2-3-5-12/h6,8H,2-5,7H2,1H3. The van der Waals surface area contributed by atoms with Crippen molar-refractivity contribution in [2.24, 2.45) is 0 Å². The number of nitrogens with zero attached hydrogens (tertiary/aromatic N) is 1. The lowest BCUT2D eigenvalue weighted by Gasteiger charge is -2.12. The molecule has 0 saturated carbocycles. The van der Waals surface area contributed by atoms with Gasteiger partial charge in [-0.15, -0.1) is 11.3 Å². The van der Waals surface area contributed by atoms with Gasteiger partial charge in [-0.05, 0) is 44.5 Å². The van der Waals surface area contributed by atoms with E-state index < -0.39 is 0 Å². The molecule has 0 aromatic carbocycles. The van der Waals surface area contributed by atoms with Gasteiger partial charge in [0.2, 0.25) is 0 Å². The highest BCUT2D eigenvalue weighted by Gasteiger charge is 2.13. The number of likely N-dealkylation sites (tertiary alicyclic amines) is 1. The number of hydrogen-bond donors (Lipinski definition) is 0. The molecule has 1 aromatic rings. The van der Waals surface area contributed by atoms with Crippen LogP contribution < -0.4 is 0 Å². The number of hydrogen-bond acceptors (Lipinski definition) is 3. The molecule has 0 radical (unpaired) electrons. The number of carbonyl (C=O) groups is 1. The summed E-state index contributed by atoms with van der Waals surface area (Å²) < 4.78 is 0. The third-order valence-electron chi connectivity index (χ3n) is 2.69. The summed E-state index contributed by atoms with van der Waals surface area (Å²) in [7, 11) is 0. The average molecular weight is 209 g/mol. The maximum absolute atomic E-state index is 10.7. The summed E-state index contributed by atoms with van der Waals surface area (Å²) in [6.07, 6.45) is 3.61. The summed E-state index contributed by atoms with van der Waals surface area (Å²) >= 11 is 1.64. The van der Waals surface area contributed by atoms with Crippen molar-refractivity contribution in [3.05, 3.63) is 21.4 Å². The van der Waals surface area contributed by atoms with E-state index in [1.807, 2.05) is 6.92 Å². The SMILES string of the molecule is Cc1cc(CN2CCCC2)sc1C=O. The maximum Gasteiger partial charge on any atom is 0.160 e. The zero-order chi connectivity index (χ0) is 9.97. The highest BCUT2D eigenvalue weighted by Crippen LogP contribution is 2.22. The quantitative estimate of drug-likeness (QED) is 0.713. The molecular weight excluding hydrogens is 194 g/mol. The highest BCUT2D eigenvalue weighted by molar-refractivity contribution is 7.13. The van der Waals surface area contributed by atoms with E-state index >= 15 is 0 Å². The smallest absolute Gasteiger partial charge is 0.160 e. The lowest BCUT2D eigenvalue weighted by Crippen LogP contribution is -2.17. The minimum Gasteiger partial charge on any atom is -0.298 e. The molecule has 2 heterocycles. The Hall–Kier alpha value is -0.670. The Kier molecular flexibility index (Phi) is 2.99. The molecular formula is C11H15NOS. The predicted octanol–water partition coefficient (Wildman–Crippen LogP) is 2.46. The first-order chi connectivity index (χ1) is 6.79. The molecule has 0 amide bonds. The first kappa shape index (κ1) is 9.87. The zero-order valence-corrected chi connectivity index (χ0v) is 9.27. The molecule has 0 atom stereocenters. The molecule has 1 saturated heterocycles. The second-order valence-electron chi connectivity index (χ2n) is 3.86. The Morgan fingerprint density at radius 3 is 2.79 bits per heavy atom. The summed E-state index contributed by atoms with van der Waals surface area (Å²) in [5.74, 6) is 0. The van der Waals surface area contributed by atoms with E-state index in [1.165, 1.54) is 30.8 Å². The van der Waals surface area contributed by atoms with Crippen LogP contribution in [-0.2, 0) is 6.54 Å². The fourth-order valence-electron chi connectivity index (χ4n) is 1.92. The van der Waals surface area contributed by atoms with Gasteiger partial charge < -0.3 is 0 Å². The molecule has 76 valence electrons. The monoisotopic (exact) mass is 209 g/mol. The summed E-state index contributed by atoms with van der Waals surface area (Å²) in [6.45, 7) is 5.47. The van der Waals surface area contributed by atoms with E-state index in [1.54, 1.807) is 11.3 Å². The molecule has 1 aliphatic rings. The summed E-state index contributed by atoms with van der Waals surface area (Å²) in [5, 5.41) is 0. The zero-order valence-electron chi connectivity index (χ0n) is 8.45. The average Bonchev–Trinajstić information content (AvgIpc) is 2.76. The topological polar surface area (TPSA) is 20.3 Å². The van der Waals surface area contributed by atoms with Crippen molar-refractivity contribution in [1.82, 2.24) is 4.90 Å². The molecule has 2 rings (SSSR count). The molecule has 0 aliphatic carbocycles. The fraction of sp³-hybridized carbons (Fsp3) is 0.545. The van der Waals surface area contributed by atoms with Crippen LogP contribution in [0.25, 0.3) is 0 Å².